The van der Waals surface area contributed by atoms with Crippen LogP contribution >= 0.6 is 0 Å². The van der Waals surface area contributed by atoms with Crippen molar-refractivity contribution in [2.24, 2.45) is 0 Å². The van der Waals surface area contributed by atoms with Gasteiger partial charge in [-0.25, -0.2) is 9.97 Å². The molecule has 1 aromatic heterocycles. The fourth-order valence-electron chi connectivity index (χ4n) is 2.81. The van der Waals surface area contributed by atoms with E-state index in [4.69, 9.17) is 5.26 Å². The second kappa shape index (κ2) is 7.55. The molecular formula is C18H19N5O. The Morgan fingerprint density at radius 1 is 1.12 bits per heavy atom. The van der Waals surface area contributed by atoms with Crippen molar-refractivity contribution in [2.75, 3.05) is 23.3 Å². The minimum atomic E-state index is -0.302. The zero-order chi connectivity index (χ0) is 16.8. The van der Waals surface area contributed by atoms with E-state index in [9.17, 15) is 4.79 Å². The monoisotopic (exact) mass is 321 g/mol. The van der Waals surface area contributed by atoms with E-state index in [1.807, 2.05) is 0 Å². The molecule has 2 heterocycles. The summed E-state index contributed by atoms with van der Waals surface area (Å²) in [5, 5.41) is 11.7. The molecule has 3 rings (SSSR count). The Morgan fingerprint density at radius 2 is 1.92 bits per heavy atom. The first-order chi connectivity index (χ1) is 11.8. The molecule has 24 heavy (non-hydrogen) atoms. The third-order valence-electron chi connectivity index (χ3n) is 4.06. The van der Waals surface area contributed by atoms with E-state index in [2.05, 4.69) is 26.3 Å². The third kappa shape index (κ3) is 3.87. The van der Waals surface area contributed by atoms with Crippen molar-refractivity contribution < 1.29 is 4.79 Å². The summed E-state index contributed by atoms with van der Waals surface area (Å²) in [6, 6.07) is 10.6. The van der Waals surface area contributed by atoms with E-state index >= 15 is 0 Å². The summed E-state index contributed by atoms with van der Waals surface area (Å²) in [6.07, 6.45) is 6.20. The van der Waals surface area contributed by atoms with Crippen molar-refractivity contribution in [3.8, 4) is 6.07 Å². The van der Waals surface area contributed by atoms with Crippen LogP contribution in [-0.4, -0.2) is 29.0 Å². The molecule has 1 fully saturated rings. The van der Waals surface area contributed by atoms with E-state index in [0.29, 0.717) is 16.9 Å². The Balaban J connectivity index is 1.75. The van der Waals surface area contributed by atoms with Gasteiger partial charge in [0.1, 0.15) is 17.8 Å². The molecule has 1 aromatic carbocycles. The molecule has 1 aliphatic heterocycles. The lowest BCUT2D eigenvalue weighted by atomic mass is 10.2. The molecule has 6 nitrogen and oxygen atoms in total. The van der Waals surface area contributed by atoms with Gasteiger partial charge in [-0.2, -0.15) is 5.26 Å². The standard InChI is InChI=1S/C18H19N5O/c19-12-14-6-5-7-15(10-14)22-18(24)16-11-17(21-13-20-16)23-8-3-1-2-4-9-23/h5-7,10-11,13H,1-4,8-9H2,(H,22,24). The Labute approximate surface area is 141 Å². The summed E-state index contributed by atoms with van der Waals surface area (Å²) in [5.74, 6) is 0.492. The van der Waals surface area contributed by atoms with Crippen molar-refractivity contribution in [1.29, 1.82) is 5.26 Å². The second-order valence-electron chi connectivity index (χ2n) is 5.81. The van der Waals surface area contributed by atoms with Crippen molar-refractivity contribution in [3.05, 3.63) is 47.9 Å². The number of aromatic nitrogens is 2. The Kier molecular flexibility index (Phi) is 5.02. The zero-order valence-corrected chi connectivity index (χ0v) is 13.4. The Morgan fingerprint density at radius 3 is 2.67 bits per heavy atom. The van der Waals surface area contributed by atoms with Gasteiger partial charge in [-0.15, -0.1) is 0 Å². The maximum Gasteiger partial charge on any atom is 0.274 e. The van der Waals surface area contributed by atoms with E-state index < -0.39 is 0 Å². The van der Waals surface area contributed by atoms with Gasteiger partial charge < -0.3 is 10.2 Å². The van der Waals surface area contributed by atoms with Crippen LogP contribution in [0.1, 0.15) is 41.7 Å². The molecule has 122 valence electrons. The number of nitrogens with zero attached hydrogens (tertiary/aromatic N) is 4. The van der Waals surface area contributed by atoms with Crippen molar-refractivity contribution in [2.45, 2.75) is 25.7 Å². The minimum absolute atomic E-state index is 0.302. The first-order valence-corrected chi connectivity index (χ1v) is 8.15. The second-order valence-corrected chi connectivity index (χ2v) is 5.81. The fraction of sp³-hybridized carbons (Fsp3) is 0.333. The highest BCUT2D eigenvalue weighted by Gasteiger charge is 2.15. The predicted octanol–water partition coefficient (Wildman–Crippen LogP) is 2.98. The highest BCUT2D eigenvalue weighted by Crippen LogP contribution is 2.18. The number of nitriles is 1. The fourth-order valence-corrected chi connectivity index (χ4v) is 2.81. The largest absolute Gasteiger partial charge is 0.357 e. The lowest BCUT2D eigenvalue weighted by Gasteiger charge is -2.21. The van der Waals surface area contributed by atoms with Crippen LogP contribution in [0.4, 0.5) is 11.5 Å². The van der Waals surface area contributed by atoms with Crippen molar-refractivity contribution in [1.82, 2.24) is 9.97 Å². The molecular weight excluding hydrogens is 302 g/mol. The third-order valence-corrected chi connectivity index (χ3v) is 4.06. The summed E-state index contributed by atoms with van der Waals surface area (Å²) in [5.41, 5.74) is 1.40. The van der Waals surface area contributed by atoms with Crippen LogP contribution in [0, 0.1) is 11.3 Å². The minimum Gasteiger partial charge on any atom is -0.357 e. The van der Waals surface area contributed by atoms with Crippen LogP contribution in [0.5, 0.6) is 0 Å². The topological polar surface area (TPSA) is 81.9 Å². The number of rotatable bonds is 3. The van der Waals surface area contributed by atoms with E-state index in [-0.39, 0.29) is 5.91 Å². The number of hydrogen-bond acceptors (Lipinski definition) is 5. The maximum atomic E-state index is 12.4. The number of amides is 1. The Bertz CT molecular complexity index is 760. The molecule has 2 aromatic rings. The summed E-state index contributed by atoms with van der Waals surface area (Å²) in [6.45, 7) is 1.92. The maximum absolute atomic E-state index is 12.4. The molecule has 0 unspecified atom stereocenters. The smallest absolute Gasteiger partial charge is 0.274 e. The quantitative estimate of drug-likeness (QED) is 0.940. The molecule has 1 N–H and O–H groups in total. The molecule has 1 aliphatic rings. The summed E-state index contributed by atoms with van der Waals surface area (Å²) >= 11 is 0. The number of nitrogens with one attached hydrogen (secondary N) is 1. The molecule has 0 saturated carbocycles. The zero-order valence-electron chi connectivity index (χ0n) is 13.4. The van der Waals surface area contributed by atoms with Gasteiger partial charge in [0.15, 0.2) is 0 Å². The summed E-state index contributed by atoms with van der Waals surface area (Å²) in [4.78, 5) is 23.0. The average molecular weight is 321 g/mol. The number of carbonyl (C=O) groups excluding carboxylic acids is 1. The van der Waals surface area contributed by atoms with Crippen molar-refractivity contribution in [3.63, 3.8) is 0 Å². The first kappa shape index (κ1) is 15.9. The molecule has 6 heteroatoms. The van der Waals surface area contributed by atoms with Gasteiger partial charge in [-0.05, 0) is 31.0 Å². The summed E-state index contributed by atoms with van der Waals surface area (Å²) < 4.78 is 0. The lowest BCUT2D eigenvalue weighted by molar-refractivity contribution is 0.102. The molecule has 1 amide bonds. The van der Waals surface area contributed by atoms with E-state index in [0.717, 1.165) is 31.7 Å². The van der Waals surface area contributed by atoms with Crippen molar-refractivity contribution >= 4 is 17.4 Å². The summed E-state index contributed by atoms with van der Waals surface area (Å²) in [7, 11) is 0. The molecule has 0 radical (unpaired) electrons. The van der Waals surface area contributed by atoms with Gasteiger partial charge >= 0.3 is 0 Å². The van der Waals surface area contributed by atoms with Crippen LogP contribution < -0.4 is 10.2 Å². The highest BCUT2D eigenvalue weighted by atomic mass is 16.1. The van der Waals surface area contributed by atoms with Crippen LogP contribution in [0.2, 0.25) is 0 Å². The van der Waals surface area contributed by atoms with Gasteiger partial charge in [0.2, 0.25) is 0 Å². The van der Waals surface area contributed by atoms with Gasteiger partial charge in [0, 0.05) is 24.8 Å². The van der Waals surface area contributed by atoms with Gasteiger partial charge in [-0.1, -0.05) is 18.9 Å². The number of benzene rings is 1. The number of hydrogen-bond donors (Lipinski definition) is 1. The van der Waals surface area contributed by atoms with Gasteiger partial charge in [-0.3, -0.25) is 4.79 Å². The average Bonchev–Trinajstić information content (AvgIpc) is 2.91. The first-order valence-electron chi connectivity index (χ1n) is 8.15. The molecule has 0 aliphatic carbocycles. The molecule has 0 bridgehead atoms. The normalized spacial score (nSPS) is 14.5. The predicted molar refractivity (Wildman–Crippen MR) is 91.8 cm³/mol. The molecule has 1 saturated heterocycles. The molecule has 0 spiro atoms. The lowest BCUT2D eigenvalue weighted by Crippen LogP contribution is -2.25. The number of anilines is 2. The number of carbonyl (C=O) groups is 1. The van der Waals surface area contributed by atoms with Gasteiger partial charge in [0.05, 0.1) is 11.6 Å². The van der Waals surface area contributed by atoms with Crippen LogP contribution in [-0.2, 0) is 0 Å². The van der Waals surface area contributed by atoms with E-state index in [1.54, 1.807) is 30.3 Å². The molecule has 0 atom stereocenters. The van der Waals surface area contributed by atoms with Crippen LogP contribution in [0.25, 0.3) is 0 Å². The Hall–Kier alpha value is -2.94. The van der Waals surface area contributed by atoms with Crippen LogP contribution in [0.15, 0.2) is 36.7 Å². The van der Waals surface area contributed by atoms with Crippen LogP contribution in [0.3, 0.4) is 0 Å². The van der Waals surface area contributed by atoms with Gasteiger partial charge in [0.25, 0.3) is 5.91 Å². The SMILES string of the molecule is N#Cc1cccc(NC(=O)c2cc(N3CCCCCC3)ncn2)c1. The highest BCUT2D eigenvalue weighted by molar-refractivity contribution is 6.03. The van der Waals surface area contributed by atoms with E-state index in [1.165, 1.54) is 19.2 Å².